The van der Waals surface area contributed by atoms with Gasteiger partial charge in [0.15, 0.2) is 0 Å². The van der Waals surface area contributed by atoms with Crippen LogP contribution in [0.4, 0.5) is 0 Å². The molecule has 2 fully saturated rings. The topological polar surface area (TPSA) is 46.5 Å². The zero-order valence-electron chi connectivity index (χ0n) is 10.9. The molecule has 0 radical (unpaired) electrons. The molecule has 0 amide bonds. The number of carbonyl (C=O) groups excluding carboxylic acids is 1. The van der Waals surface area contributed by atoms with E-state index >= 15 is 0 Å². The fourth-order valence-electron chi connectivity index (χ4n) is 3.55. The van der Waals surface area contributed by atoms with Gasteiger partial charge >= 0.3 is 5.97 Å². The van der Waals surface area contributed by atoms with Gasteiger partial charge in [-0.2, -0.15) is 0 Å². The molecule has 3 nitrogen and oxygen atoms in total. The molecule has 1 saturated heterocycles. The van der Waals surface area contributed by atoms with Crippen LogP contribution in [-0.2, 0) is 9.53 Å². The van der Waals surface area contributed by atoms with E-state index in [4.69, 9.17) is 4.74 Å². The molecule has 1 aliphatic heterocycles. The number of aliphatic hydroxyl groups excluding tert-OH is 1. The van der Waals surface area contributed by atoms with Crippen LogP contribution in [0.3, 0.4) is 0 Å². The van der Waals surface area contributed by atoms with E-state index in [-0.39, 0.29) is 23.9 Å². The summed E-state index contributed by atoms with van der Waals surface area (Å²) in [6.07, 6.45) is 3.01. The predicted octanol–water partition coefficient (Wildman–Crippen LogP) is 2.07. The van der Waals surface area contributed by atoms with Gasteiger partial charge in [0.1, 0.15) is 6.10 Å². The van der Waals surface area contributed by atoms with Gasteiger partial charge in [-0.05, 0) is 37.7 Å². The Balaban J connectivity index is 1.95. The minimum absolute atomic E-state index is 0.123. The van der Waals surface area contributed by atoms with Crippen LogP contribution in [0.5, 0.6) is 0 Å². The quantitative estimate of drug-likeness (QED) is 0.527. The van der Waals surface area contributed by atoms with Crippen LogP contribution >= 0.6 is 0 Å². The normalized spacial score (nSPS) is 47.2. The average molecular weight is 248 g/mol. The maximum absolute atomic E-state index is 11.7. The van der Waals surface area contributed by atoms with Crippen molar-refractivity contribution in [2.24, 2.45) is 23.7 Å². The van der Waals surface area contributed by atoms with Crippen LogP contribution in [0.25, 0.3) is 0 Å². The molecule has 0 aromatic carbocycles. The summed E-state index contributed by atoms with van der Waals surface area (Å²) in [7, 11) is 0. The highest BCUT2D eigenvalue weighted by atomic mass is 16.6. The Labute approximate surface area is 108 Å². The number of esters is 1. The van der Waals surface area contributed by atoms with Crippen molar-refractivity contribution >= 4 is 5.97 Å². The molecule has 6 unspecified atom stereocenters. The van der Waals surface area contributed by atoms with Gasteiger partial charge in [-0.1, -0.05) is 24.6 Å². The van der Waals surface area contributed by atoms with E-state index in [2.05, 4.69) is 19.6 Å². The van der Waals surface area contributed by atoms with Crippen LogP contribution in [0, 0.1) is 23.7 Å². The van der Waals surface area contributed by atoms with E-state index in [1.165, 1.54) is 5.57 Å². The molecular formula is C15H20O3. The molecule has 3 aliphatic rings. The summed E-state index contributed by atoms with van der Waals surface area (Å²) in [6.45, 7) is 8.06. The van der Waals surface area contributed by atoms with Crippen molar-refractivity contribution in [3.63, 3.8) is 0 Å². The lowest BCUT2D eigenvalue weighted by Gasteiger charge is -2.23. The van der Waals surface area contributed by atoms with Gasteiger partial charge in [-0.15, -0.1) is 0 Å². The van der Waals surface area contributed by atoms with Crippen LogP contribution < -0.4 is 0 Å². The fraction of sp³-hybridized carbons (Fsp3) is 0.667. The molecular weight excluding hydrogens is 228 g/mol. The van der Waals surface area contributed by atoms with Gasteiger partial charge < -0.3 is 9.84 Å². The third-order valence-corrected chi connectivity index (χ3v) is 4.82. The maximum Gasteiger partial charge on any atom is 0.309 e. The first-order valence-corrected chi connectivity index (χ1v) is 6.73. The highest BCUT2D eigenvalue weighted by Crippen LogP contribution is 2.51. The van der Waals surface area contributed by atoms with Crippen molar-refractivity contribution in [1.29, 1.82) is 0 Å². The first-order valence-electron chi connectivity index (χ1n) is 6.73. The first-order chi connectivity index (χ1) is 8.49. The van der Waals surface area contributed by atoms with E-state index in [0.29, 0.717) is 18.3 Å². The van der Waals surface area contributed by atoms with Crippen LogP contribution in [0.15, 0.2) is 23.8 Å². The Morgan fingerprint density at radius 1 is 1.44 bits per heavy atom. The van der Waals surface area contributed by atoms with Gasteiger partial charge in [-0.3, -0.25) is 4.79 Å². The Kier molecular flexibility index (Phi) is 2.63. The number of ether oxygens (including phenoxy) is 1. The largest absolute Gasteiger partial charge is 0.457 e. The number of rotatable bonds is 0. The molecule has 0 aromatic heterocycles. The van der Waals surface area contributed by atoms with Crippen molar-refractivity contribution < 1.29 is 14.6 Å². The second-order valence-corrected chi connectivity index (χ2v) is 6.06. The molecule has 1 saturated carbocycles. The molecule has 3 rings (SSSR count). The summed E-state index contributed by atoms with van der Waals surface area (Å²) in [6, 6.07) is 0. The van der Waals surface area contributed by atoms with Gasteiger partial charge in [0.2, 0.25) is 0 Å². The van der Waals surface area contributed by atoms with Gasteiger partial charge in [0.25, 0.3) is 0 Å². The summed E-state index contributed by atoms with van der Waals surface area (Å²) in [5, 5.41) is 10.4. The Morgan fingerprint density at radius 2 is 2.17 bits per heavy atom. The number of hydrogen-bond acceptors (Lipinski definition) is 3. The summed E-state index contributed by atoms with van der Waals surface area (Å²) in [5.41, 5.74) is 2.42. The molecule has 98 valence electrons. The zero-order valence-corrected chi connectivity index (χ0v) is 10.9. The smallest absolute Gasteiger partial charge is 0.309 e. The van der Waals surface area contributed by atoms with Crippen molar-refractivity contribution in [2.45, 2.75) is 38.9 Å². The summed E-state index contributed by atoms with van der Waals surface area (Å²) >= 11 is 0. The molecule has 6 atom stereocenters. The minimum Gasteiger partial charge on any atom is -0.457 e. The molecule has 1 heterocycles. The third-order valence-electron chi connectivity index (χ3n) is 4.82. The number of hydrogen-bond donors (Lipinski definition) is 1. The summed E-state index contributed by atoms with van der Waals surface area (Å²) in [4.78, 5) is 11.7. The SMILES string of the molecule is C=C1CC(O)C2C(C=C(C)C3CC13)OC(=O)C2C. The van der Waals surface area contributed by atoms with Gasteiger partial charge in [0, 0.05) is 5.92 Å². The Bertz CT molecular complexity index is 437. The summed E-state index contributed by atoms with van der Waals surface area (Å²) in [5.74, 6) is 0.545. The highest BCUT2D eigenvalue weighted by Gasteiger charge is 2.49. The molecule has 18 heavy (non-hydrogen) atoms. The van der Waals surface area contributed by atoms with Crippen molar-refractivity contribution in [3.05, 3.63) is 23.8 Å². The fourth-order valence-corrected chi connectivity index (χ4v) is 3.55. The zero-order chi connectivity index (χ0) is 13.0. The molecule has 3 heteroatoms. The van der Waals surface area contributed by atoms with Crippen molar-refractivity contribution in [1.82, 2.24) is 0 Å². The predicted molar refractivity (Wildman–Crippen MR) is 67.7 cm³/mol. The molecule has 0 aromatic rings. The molecule has 0 spiro atoms. The number of allylic oxidation sites excluding steroid dienone is 1. The molecule has 2 aliphatic carbocycles. The lowest BCUT2D eigenvalue weighted by Crippen LogP contribution is -2.31. The monoisotopic (exact) mass is 248 g/mol. The second kappa shape index (κ2) is 3.95. The Hall–Kier alpha value is -1.09. The number of aliphatic hydroxyl groups is 1. The average Bonchev–Trinajstić information content (AvgIpc) is 3.02. The first kappa shape index (κ1) is 12.0. The third kappa shape index (κ3) is 1.72. The van der Waals surface area contributed by atoms with Crippen LogP contribution in [0.2, 0.25) is 0 Å². The highest BCUT2D eigenvalue weighted by molar-refractivity contribution is 5.75. The van der Waals surface area contributed by atoms with E-state index in [1.807, 2.05) is 6.92 Å². The standard InChI is InChI=1S/C15H20O3/c1-7-4-12(16)14-9(3)15(17)18-13(14)5-8(2)11-6-10(7)11/h5,9-14,16H,1,4,6H2,2-3H3. The number of carbonyl (C=O) groups is 1. The lowest BCUT2D eigenvalue weighted by molar-refractivity contribution is -0.142. The lowest BCUT2D eigenvalue weighted by atomic mass is 9.83. The number of fused-ring (bicyclic) bond motifs is 2. The van der Waals surface area contributed by atoms with Gasteiger partial charge in [0.05, 0.1) is 12.0 Å². The minimum atomic E-state index is -0.521. The van der Waals surface area contributed by atoms with Crippen LogP contribution in [-0.4, -0.2) is 23.3 Å². The van der Waals surface area contributed by atoms with Crippen molar-refractivity contribution in [2.75, 3.05) is 0 Å². The van der Waals surface area contributed by atoms with E-state index in [9.17, 15) is 9.90 Å². The van der Waals surface area contributed by atoms with Crippen LogP contribution in [0.1, 0.15) is 26.7 Å². The molecule has 0 bridgehead atoms. The van der Waals surface area contributed by atoms with Gasteiger partial charge in [-0.25, -0.2) is 0 Å². The maximum atomic E-state index is 11.7. The summed E-state index contributed by atoms with van der Waals surface area (Å²) < 4.78 is 5.41. The molecule has 1 N–H and O–H groups in total. The van der Waals surface area contributed by atoms with E-state index in [1.54, 1.807) is 0 Å². The van der Waals surface area contributed by atoms with Crippen molar-refractivity contribution in [3.8, 4) is 0 Å². The van der Waals surface area contributed by atoms with E-state index < -0.39 is 6.10 Å². The van der Waals surface area contributed by atoms with E-state index in [0.717, 1.165) is 12.0 Å². The Morgan fingerprint density at radius 3 is 2.89 bits per heavy atom. The second-order valence-electron chi connectivity index (χ2n) is 6.06.